The summed E-state index contributed by atoms with van der Waals surface area (Å²) in [4.78, 5) is 15.2. The number of carbonyl (C=O) groups excluding carboxylic acids is 1. The number of aromatic hydroxyl groups is 1. The summed E-state index contributed by atoms with van der Waals surface area (Å²) in [5.41, 5.74) is 2.62. The van der Waals surface area contributed by atoms with Crippen molar-refractivity contribution in [2.45, 2.75) is 19.3 Å². The molecule has 0 aliphatic carbocycles. The van der Waals surface area contributed by atoms with E-state index in [4.69, 9.17) is 4.42 Å². The van der Waals surface area contributed by atoms with Crippen LogP contribution >= 0.6 is 0 Å². The molecule has 6 heteroatoms. The summed E-state index contributed by atoms with van der Waals surface area (Å²) < 4.78 is 6.11. The molecule has 1 aromatic heterocycles. The summed E-state index contributed by atoms with van der Waals surface area (Å²) in [5.74, 6) is 0.849. The van der Waals surface area contributed by atoms with Gasteiger partial charge in [-0.15, -0.1) is 0 Å². The summed E-state index contributed by atoms with van der Waals surface area (Å²) in [5, 5.41) is 23.4. The van der Waals surface area contributed by atoms with Crippen molar-refractivity contribution in [1.82, 2.24) is 10.2 Å². The predicted octanol–water partition coefficient (Wildman–Crippen LogP) is 3.41. The normalized spacial score (nSPS) is 15.5. The van der Waals surface area contributed by atoms with Crippen LogP contribution in [-0.2, 0) is 6.42 Å². The van der Waals surface area contributed by atoms with Crippen LogP contribution in [0.15, 0.2) is 46.9 Å². The van der Waals surface area contributed by atoms with E-state index in [9.17, 15) is 15.0 Å². The number of nitrogens with zero attached hydrogens (tertiary/aromatic N) is 1. The summed E-state index contributed by atoms with van der Waals surface area (Å²) in [6, 6.07) is 12.9. The van der Waals surface area contributed by atoms with Crippen LogP contribution in [-0.4, -0.2) is 54.3 Å². The Labute approximate surface area is 176 Å². The van der Waals surface area contributed by atoms with E-state index in [1.165, 1.54) is 0 Å². The summed E-state index contributed by atoms with van der Waals surface area (Å²) >= 11 is 0. The van der Waals surface area contributed by atoms with Gasteiger partial charge in [0.1, 0.15) is 17.1 Å². The van der Waals surface area contributed by atoms with E-state index in [2.05, 4.69) is 10.2 Å². The van der Waals surface area contributed by atoms with Crippen LogP contribution < -0.4 is 5.32 Å². The van der Waals surface area contributed by atoms with E-state index in [1.807, 2.05) is 30.3 Å². The monoisotopic (exact) mass is 408 g/mol. The van der Waals surface area contributed by atoms with Gasteiger partial charge >= 0.3 is 0 Å². The Kier molecular flexibility index (Phi) is 6.06. The lowest BCUT2D eigenvalue weighted by molar-refractivity contribution is 0.0964. The molecule has 158 valence electrons. The Hall–Kier alpha value is -2.83. The minimum atomic E-state index is -0.233. The van der Waals surface area contributed by atoms with Gasteiger partial charge in [-0.25, -0.2) is 0 Å². The molecule has 0 spiro atoms. The average Bonchev–Trinajstić information content (AvgIpc) is 3.18. The smallest absolute Gasteiger partial charge is 0.255 e. The second-order valence-electron chi connectivity index (χ2n) is 7.91. The van der Waals surface area contributed by atoms with Gasteiger partial charge in [0.15, 0.2) is 0 Å². The third kappa shape index (κ3) is 3.93. The van der Waals surface area contributed by atoms with Crippen molar-refractivity contribution >= 4 is 16.9 Å². The number of carbonyl (C=O) groups is 1. The van der Waals surface area contributed by atoms with Crippen molar-refractivity contribution < 1.29 is 19.4 Å². The first-order chi connectivity index (χ1) is 14.6. The standard InChI is InChI=1S/C24H28N2O4/c1-25-24(29)22-21-18(11-14-26-12-9-16(15-27)10-13-26)19(28)7-8-20(21)30-23(22)17-5-3-2-4-6-17/h2-8,16,27-28H,9-15H2,1H3,(H,25,29). The number of piperidine rings is 1. The zero-order valence-electron chi connectivity index (χ0n) is 17.2. The van der Waals surface area contributed by atoms with Gasteiger partial charge in [0, 0.05) is 36.7 Å². The molecule has 1 fully saturated rings. The molecule has 0 bridgehead atoms. The van der Waals surface area contributed by atoms with Gasteiger partial charge in [0.25, 0.3) is 5.91 Å². The Morgan fingerprint density at radius 3 is 2.57 bits per heavy atom. The first-order valence-electron chi connectivity index (χ1n) is 10.5. The molecule has 1 amide bonds. The maximum Gasteiger partial charge on any atom is 0.255 e. The Balaban J connectivity index is 1.72. The molecular formula is C24H28N2O4. The molecule has 0 radical (unpaired) electrons. The maximum atomic E-state index is 12.8. The lowest BCUT2D eigenvalue weighted by atomic mass is 9.96. The van der Waals surface area contributed by atoms with Crippen LogP contribution in [0.5, 0.6) is 5.75 Å². The average molecular weight is 408 g/mol. The maximum absolute atomic E-state index is 12.8. The molecule has 1 aliphatic rings. The molecule has 0 unspecified atom stereocenters. The fourth-order valence-electron chi connectivity index (χ4n) is 4.30. The molecule has 0 atom stereocenters. The number of hydrogen-bond donors (Lipinski definition) is 3. The van der Waals surface area contributed by atoms with Crippen LogP contribution in [0.25, 0.3) is 22.3 Å². The zero-order chi connectivity index (χ0) is 21.1. The second kappa shape index (κ2) is 8.90. The van der Waals surface area contributed by atoms with E-state index in [1.54, 1.807) is 19.2 Å². The van der Waals surface area contributed by atoms with Gasteiger partial charge in [-0.3, -0.25) is 4.79 Å². The highest BCUT2D eigenvalue weighted by atomic mass is 16.3. The van der Waals surface area contributed by atoms with Crippen LogP contribution in [0.2, 0.25) is 0 Å². The highest BCUT2D eigenvalue weighted by molar-refractivity contribution is 6.12. The molecule has 3 N–H and O–H groups in total. The number of phenolic OH excluding ortho intramolecular Hbond substituents is 1. The van der Waals surface area contributed by atoms with Gasteiger partial charge in [-0.2, -0.15) is 0 Å². The number of hydrogen-bond acceptors (Lipinski definition) is 5. The van der Waals surface area contributed by atoms with Crippen LogP contribution in [0.1, 0.15) is 28.8 Å². The molecule has 30 heavy (non-hydrogen) atoms. The second-order valence-corrected chi connectivity index (χ2v) is 7.91. The highest BCUT2D eigenvalue weighted by Gasteiger charge is 2.26. The number of benzene rings is 2. The molecule has 0 saturated carbocycles. The highest BCUT2D eigenvalue weighted by Crippen LogP contribution is 2.39. The number of likely N-dealkylation sites (tertiary alicyclic amines) is 1. The summed E-state index contributed by atoms with van der Waals surface area (Å²) in [6.45, 7) is 2.90. The lowest BCUT2D eigenvalue weighted by Gasteiger charge is -2.31. The van der Waals surface area contributed by atoms with Gasteiger partial charge in [-0.05, 0) is 50.4 Å². The number of phenols is 1. The third-order valence-corrected chi connectivity index (χ3v) is 6.07. The number of rotatable bonds is 6. The quantitative estimate of drug-likeness (QED) is 0.582. The van der Waals surface area contributed by atoms with E-state index < -0.39 is 0 Å². The van der Waals surface area contributed by atoms with E-state index >= 15 is 0 Å². The van der Waals surface area contributed by atoms with Crippen LogP contribution in [0.3, 0.4) is 0 Å². The van der Waals surface area contributed by atoms with Crippen molar-refractivity contribution in [2.75, 3.05) is 33.3 Å². The minimum Gasteiger partial charge on any atom is -0.508 e. The van der Waals surface area contributed by atoms with Crippen molar-refractivity contribution in [3.63, 3.8) is 0 Å². The Bertz CT molecular complexity index is 1020. The molecule has 3 aromatic rings. The number of nitrogens with one attached hydrogen (secondary N) is 1. The SMILES string of the molecule is CNC(=O)c1c(-c2ccccc2)oc2ccc(O)c(CCN3CCC(CO)CC3)c12. The number of furan rings is 1. The number of fused-ring (bicyclic) bond motifs is 1. The van der Waals surface area contributed by atoms with E-state index in [0.29, 0.717) is 34.6 Å². The zero-order valence-corrected chi connectivity index (χ0v) is 17.2. The summed E-state index contributed by atoms with van der Waals surface area (Å²) in [6.07, 6.45) is 2.59. The largest absolute Gasteiger partial charge is 0.508 e. The van der Waals surface area contributed by atoms with Crippen LogP contribution in [0.4, 0.5) is 0 Å². The van der Waals surface area contributed by atoms with Gasteiger partial charge in [0.05, 0.1) is 5.56 Å². The molecule has 1 saturated heterocycles. The minimum absolute atomic E-state index is 0.179. The molecule has 2 aromatic carbocycles. The molecule has 4 rings (SSSR count). The van der Waals surface area contributed by atoms with Crippen LogP contribution in [0, 0.1) is 5.92 Å². The summed E-state index contributed by atoms with van der Waals surface area (Å²) in [7, 11) is 1.60. The topological polar surface area (TPSA) is 85.9 Å². The van der Waals surface area contributed by atoms with Gasteiger partial charge in [-0.1, -0.05) is 30.3 Å². The molecule has 6 nitrogen and oxygen atoms in total. The number of aliphatic hydroxyl groups excluding tert-OH is 1. The molecular weight excluding hydrogens is 380 g/mol. The van der Waals surface area contributed by atoms with Crippen molar-refractivity contribution in [3.05, 3.63) is 53.6 Å². The molecule has 2 heterocycles. The predicted molar refractivity (Wildman–Crippen MR) is 117 cm³/mol. The fraction of sp³-hybridized carbons (Fsp3) is 0.375. The van der Waals surface area contributed by atoms with E-state index in [-0.39, 0.29) is 18.3 Å². The molecule has 1 aliphatic heterocycles. The fourth-order valence-corrected chi connectivity index (χ4v) is 4.30. The van der Waals surface area contributed by atoms with Crippen molar-refractivity contribution in [2.24, 2.45) is 5.92 Å². The number of amides is 1. The Morgan fingerprint density at radius 1 is 1.17 bits per heavy atom. The van der Waals surface area contributed by atoms with Crippen molar-refractivity contribution in [1.29, 1.82) is 0 Å². The van der Waals surface area contributed by atoms with Gasteiger partial charge < -0.3 is 24.8 Å². The lowest BCUT2D eigenvalue weighted by Crippen LogP contribution is -2.36. The van der Waals surface area contributed by atoms with E-state index in [0.717, 1.165) is 43.6 Å². The van der Waals surface area contributed by atoms with Gasteiger partial charge in [0.2, 0.25) is 0 Å². The first kappa shape index (κ1) is 20.4. The number of aliphatic hydroxyl groups is 1. The first-order valence-corrected chi connectivity index (χ1v) is 10.5. The third-order valence-electron chi connectivity index (χ3n) is 6.07. The van der Waals surface area contributed by atoms with Crippen molar-refractivity contribution in [3.8, 4) is 17.1 Å². The Morgan fingerprint density at radius 2 is 1.90 bits per heavy atom.